The van der Waals surface area contributed by atoms with Crippen molar-refractivity contribution in [2.75, 3.05) is 0 Å². The lowest BCUT2D eigenvalue weighted by Crippen LogP contribution is -1.78. The molecule has 0 fully saturated rings. The number of hydrogen-bond acceptors (Lipinski definition) is 0. The molecule has 0 nitrogen and oxygen atoms in total. The maximum atomic E-state index is 2.41. The van der Waals surface area contributed by atoms with E-state index in [9.17, 15) is 0 Å². The molecule has 0 aromatic rings. The molecule has 0 heterocycles. The van der Waals surface area contributed by atoms with Crippen LogP contribution in [0.25, 0.3) is 0 Å². The molecule has 0 aromatic heterocycles. The molecule has 0 amide bonds. The molecule has 110 valence electrons. The van der Waals surface area contributed by atoms with Crippen LogP contribution < -0.4 is 0 Å². The van der Waals surface area contributed by atoms with Crippen LogP contribution >= 0.6 is 0 Å². The third-order valence-electron chi connectivity index (χ3n) is 3.24. The quantitative estimate of drug-likeness (QED) is 0.263. The van der Waals surface area contributed by atoms with Gasteiger partial charge < -0.3 is 0 Å². The zero-order chi connectivity index (χ0) is 14.2. The Morgan fingerprint density at radius 1 is 0.632 bits per heavy atom. The van der Waals surface area contributed by atoms with E-state index in [0.29, 0.717) is 0 Å². The molecule has 0 unspecified atom stereocenters. The van der Waals surface area contributed by atoms with E-state index in [1.807, 2.05) is 0 Å². The Hall–Kier alpha value is -0.780. The van der Waals surface area contributed by atoms with E-state index in [1.54, 1.807) is 0 Å². The molecule has 0 saturated heterocycles. The lowest BCUT2D eigenvalue weighted by Gasteiger charge is -1.98. The minimum Gasteiger partial charge on any atom is -0.0840 e. The molecule has 0 radical (unpaired) electrons. The summed E-state index contributed by atoms with van der Waals surface area (Å²) >= 11 is 0. The number of rotatable bonds is 12. The molecular formula is C19H34. The van der Waals surface area contributed by atoms with Crippen LogP contribution in [0.15, 0.2) is 36.0 Å². The molecule has 19 heavy (non-hydrogen) atoms. The fourth-order valence-electron chi connectivity index (χ4n) is 1.96. The fourth-order valence-corrected chi connectivity index (χ4v) is 1.96. The van der Waals surface area contributed by atoms with E-state index in [-0.39, 0.29) is 0 Å². The predicted octanol–water partition coefficient (Wildman–Crippen LogP) is 6.99. The third-order valence-corrected chi connectivity index (χ3v) is 3.24. The van der Waals surface area contributed by atoms with Crippen molar-refractivity contribution < 1.29 is 0 Å². The smallest absolute Gasteiger partial charge is 0.0303 e. The van der Waals surface area contributed by atoms with Crippen molar-refractivity contribution in [2.45, 2.75) is 85.0 Å². The van der Waals surface area contributed by atoms with Gasteiger partial charge in [0.25, 0.3) is 0 Å². The first-order valence-corrected chi connectivity index (χ1v) is 8.38. The summed E-state index contributed by atoms with van der Waals surface area (Å²) < 4.78 is 0. The second-order valence-corrected chi connectivity index (χ2v) is 5.29. The van der Waals surface area contributed by atoms with Crippen molar-refractivity contribution in [1.82, 2.24) is 0 Å². The maximum absolute atomic E-state index is 2.41. The van der Waals surface area contributed by atoms with Gasteiger partial charge in [-0.05, 0) is 31.3 Å². The highest BCUT2D eigenvalue weighted by atomic mass is 14.0. The van der Waals surface area contributed by atoms with Gasteiger partial charge in [0.1, 0.15) is 0 Å². The van der Waals surface area contributed by atoms with Crippen LogP contribution in [0.1, 0.15) is 85.0 Å². The van der Waals surface area contributed by atoms with Crippen LogP contribution in [-0.4, -0.2) is 0 Å². The molecule has 0 atom stereocenters. The highest BCUT2D eigenvalue weighted by Gasteiger charge is 1.89. The standard InChI is InChI=1S/C19H34/c1-4-7-10-12-15-18-19(16-13-9-6-3)17-14-11-8-5-2/h13-14,16-18H,4-12,15H2,1-3H3. The third kappa shape index (κ3) is 13.5. The first kappa shape index (κ1) is 18.2. The Kier molecular flexibility index (Phi) is 14.7. The largest absolute Gasteiger partial charge is 0.0840 e. The minimum absolute atomic E-state index is 1.19. The van der Waals surface area contributed by atoms with E-state index in [0.717, 1.165) is 0 Å². The highest BCUT2D eigenvalue weighted by molar-refractivity contribution is 5.30. The zero-order valence-corrected chi connectivity index (χ0v) is 13.5. The van der Waals surface area contributed by atoms with E-state index >= 15 is 0 Å². The fraction of sp³-hybridized carbons (Fsp3) is 0.684. The van der Waals surface area contributed by atoms with Crippen LogP contribution in [0.5, 0.6) is 0 Å². The van der Waals surface area contributed by atoms with Crippen molar-refractivity contribution in [3.8, 4) is 0 Å². The second kappa shape index (κ2) is 15.3. The summed E-state index contributed by atoms with van der Waals surface area (Å²) in [5, 5.41) is 0. The summed E-state index contributed by atoms with van der Waals surface area (Å²) in [6.45, 7) is 6.75. The predicted molar refractivity (Wildman–Crippen MR) is 89.6 cm³/mol. The van der Waals surface area contributed by atoms with Crippen molar-refractivity contribution in [3.05, 3.63) is 36.0 Å². The SMILES string of the molecule is CCCC=CC(C=CCCCC)=CCCCCCC. The number of unbranched alkanes of at least 4 members (excludes halogenated alkanes) is 7. The van der Waals surface area contributed by atoms with Gasteiger partial charge in [-0.1, -0.05) is 89.7 Å². The van der Waals surface area contributed by atoms with Gasteiger partial charge in [-0.15, -0.1) is 0 Å². The van der Waals surface area contributed by atoms with Gasteiger partial charge in [0.2, 0.25) is 0 Å². The lowest BCUT2D eigenvalue weighted by atomic mass is 10.1. The molecule has 0 rings (SSSR count). The summed E-state index contributed by atoms with van der Waals surface area (Å²) in [6, 6.07) is 0. The van der Waals surface area contributed by atoms with E-state index < -0.39 is 0 Å². The van der Waals surface area contributed by atoms with Crippen molar-refractivity contribution >= 4 is 0 Å². The summed E-state index contributed by atoms with van der Waals surface area (Å²) in [7, 11) is 0. The molecule has 0 spiro atoms. The normalized spacial score (nSPS) is 12.9. The van der Waals surface area contributed by atoms with Crippen LogP contribution in [0, 0.1) is 0 Å². The van der Waals surface area contributed by atoms with Gasteiger partial charge in [-0.3, -0.25) is 0 Å². The molecule has 0 aliphatic rings. The topological polar surface area (TPSA) is 0 Å². The number of hydrogen-bond donors (Lipinski definition) is 0. The van der Waals surface area contributed by atoms with Crippen molar-refractivity contribution in [2.24, 2.45) is 0 Å². The van der Waals surface area contributed by atoms with Gasteiger partial charge in [0, 0.05) is 0 Å². The monoisotopic (exact) mass is 262 g/mol. The molecular weight excluding hydrogens is 228 g/mol. The molecule has 0 saturated carbocycles. The van der Waals surface area contributed by atoms with E-state index in [4.69, 9.17) is 0 Å². The van der Waals surface area contributed by atoms with Crippen molar-refractivity contribution in [3.63, 3.8) is 0 Å². The Balaban J connectivity index is 4.15. The molecule has 0 bridgehead atoms. The van der Waals surface area contributed by atoms with Crippen LogP contribution in [0.3, 0.4) is 0 Å². The lowest BCUT2D eigenvalue weighted by molar-refractivity contribution is 0.674. The number of allylic oxidation sites excluding steroid dienone is 6. The summed E-state index contributed by atoms with van der Waals surface area (Å²) in [5.74, 6) is 0. The van der Waals surface area contributed by atoms with Gasteiger partial charge >= 0.3 is 0 Å². The van der Waals surface area contributed by atoms with Gasteiger partial charge in [0.05, 0.1) is 0 Å². The molecule has 0 aliphatic heterocycles. The molecule has 0 heteroatoms. The Morgan fingerprint density at radius 2 is 1.32 bits per heavy atom. The van der Waals surface area contributed by atoms with Crippen LogP contribution in [0.4, 0.5) is 0 Å². The van der Waals surface area contributed by atoms with E-state index in [1.165, 1.54) is 69.8 Å². The molecule has 0 N–H and O–H groups in total. The molecule has 0 aromatic carbocycles. The zero-order valence-electron chi connectivity index (χ0n) is 13.5. The summed E-state index contributed by atoms with van der Waals surface area (Å²) in [5.41, 5.74) is 1.40. The van der Waals surface area contributed by atoms with Gasteiger partial charge in [-0.2, -0.15) is 0 Å². The van der Waals surface area contributed by atoms with Crippen LogP contribution in [-0.2, 0) is 0 Å². The average molecular weight is 262 g/mol. The summed E-state index contributed by atoms with van der Waals surface area (Å²) in [4.78, 5) is 0. The Bertz CT molecular complexity index is 255. The Morgan fingerprint density at radius 3 is 1.95 bits per heavy atom. The first-order valence-electron chi connectivity index (χ1n) is 8.38. The van der Waals surface area contributed by atoms with Crippen LogP contribution in [0.2, 0.25) is 0 Å². The van der Waals surface area contributed by atoms with Gasteiger partial charge in [-0.25, -0.2) is 0 Å². The maximum Gasteiger partial charge on any atom is -0.0303 e. The van der Waals surface area contributed by atoms with Crippen molar-refractivity contribution in [1.29, 1.82) is 0 Å². The second-order valence-electron chi connectivity index (χ2n) is 5.29. The molecule has 0 aliphatic carbocycles. The minimum atomic E-state index is 1.19. The van der Waals surface area contributed by atoms with E-state index in [2.05, 4.69) is 51.2 Å². The van der Waals surface area contributed by atoms with Gasteiger partial charge in [0.15, 0.2) is 0 Å². The highest BCUT2D eigenvalue weighted by Crippen LogP contribution is 2.09. The summed E-state index contributed by atoms with van der Waals surface area (Å²) in [6.07, 6.45) is 24.5. The average Bonchev–Trinajstić information content (AvgIpc) is 2.42. The Labute approximate surface area is 121 Å². The first-order chi connectivity index (χ1) is 9.35.